The largest absolute Gasteiger partial charge is 0.481 e. The Morgan fingerprint density at radius 1 is 1.35 bits per heavy atom. The number of rotatable bonds is 5. The van der Waals surface area contributed by atoms with Gasteiger partial charge in [-0.3, -0.25) is 4.79 Å². The molecule has 0 radical (unpaired) electrons. The van der Waals surface area contributed by atoms with Crippen molar-refractivity contribution in [3.8, 4) is 0 Å². The summed E-state index contributed by atoms with van der Waals surface area (Å²) in [4.78, 5) is 10.4. The SMILES string of the molecule is NC1Cc2cccc(CCCCC(=O)O)c2C1. The molecule has 1 aromatic carbocycles. The van der Waals surface area contributed by atoms with E-state index < -0.39 is 5.97 Å². The van der Waals surface area contributed by atoms with Crippen molar-refractivity contribution in [2.24, 2.45) is 5.73 Å². The fourth-order valence-electron chi connectivity index (χ4n) is 2.58. The van der Waals surface area contributed by atoms with Gasteiger partial charge in [-0.05, 0) is 48.8 Å². The average Bonchev–Trinajstić information content (AvgIpc) is 2.65. The third-order valence-electron chi connectivity index (χ3n) is 3.41. The lowest BCUT2D eigenvalue weighted by atomic mass is 9.98. The smallest absolute Gasteiger partial charge is 0.303 e. The Kier molecular flexibility index (Phi) is 3.79. The molecule has 0 spiro atoms. The molecule has 3 heteroatoms. The quantitative estimate of drug-likeness (QED) is 0.764. The maximum Gasteiger partial charge on any atom is 0.303 e. The van der Waals surface area contributed by atoms with Crippen molar-refractivity contribution in [1.82, 2.24) is 0 Å². The summed E-state index contributed by atoms with van der Waals surface area (Å²) in [6, 6.07) is 6.66. The van der Waals surface area contributed by atoms with Crippen LogP contribution in [0.25, 0.3) is 0 Å². The summed E-state index contributed by atoms with van der Waals surface area (Å²) < 4.78 is 0. The lowest BCUT2D eigenvalue weighted by molar-refractivity contribution is -0.137. The van der Waals surface area contributed by atoms with Crippen LogP contribution in [0, 0.1) is 0 Å². The van der Waals surface area contributed by atoms with E-state index in [9.17, 15) is 4.79 Å². The molecule has 0 bridgehead atoms. The summed E-state index contributed by atoms with van der Waals surface area (Å²) in [5, 5.41) is 8.58. The van der Waals surface area contributed by atoms with E-state index >= 15 is 0 Å². The number of carboxylic acids is 1. The van der Waals surface area contributed by atoms with Crippen LogP contribution in [0.5, 0.6) is 0 Å². The molecule has 0 saturated heterocycles. The fraction of sp³-hybridized carbons (Fsp3) is 0.500. The topological polar surface area (TPSA) is 63.3 Å². The van der Waals surface area contributed by atoms with E-state index in [1.807, 2.05) is 0 Å². The van der Waals surface area contributed by atoms with E-state index in [4.69, 9.17) is 10.8 Å². The van der Waals surface area contributed by atoms with Gasteiger partial charge >= 0.3 is 5.97 Å². The first-order chi connectivity index (χ1) is 8.16. The monoisotopic (exact) mass is 233 g/mol. The molecule has 17 heavy (non-hydrogen) atoms. The predicted octanol–water partition coefficient (Wildman–Crippen LogP) is 1.91. The zero-order valence-electron chi connectivity index (χ0n) is 9.98. The molecule has 3 N–H and O–H groups in total. The van der Waals surface area contributed by atoms with E-state index in [2.05, 4.69) is 18.2 Å². The first kappa shape index (κ1) is 12.1. The summed E-state index contributed by atoms with van der Waals surface area (Å²) in [5.41, 5.74) is 10.1. The van der Waals surface area contributed by atoms with Crippen molar-refractivity contribution in [3.05, 3.63) is 34.9 Å². The first-order valence-corrected chi connectivity index (χ1v) is 6.24. The molecule has 0 aliphatic heterocycles. The van der Waals surface area contributed by atoms with Gasteiger partial charge in [-0.2, -0.15) is 0 Å². The fourth-order valence-corrected chi connectivity index (χ4v) is 2.58. The highest BCUT2D eigenvalue weighted by Crippen LogP contribution is 2.25. The summed E-state index contributed by atoms with van der Waals surface area (Å²) >= 11 is 0. The number of hydrogen-bond donors (Lipinski definition) is 2. The van der Waals surface area contributed by atoms with Crippen LogP contribution in [0.2, 0.25) is 0 Å². The molecule has 1 aliphatic carbocycles. The molecular weight excluding hydrogens is 214 g/mol. The number of nitrogens with two attached hydrogens (primary N) is 1. The Labute approximate surface area is 102 Å². The molecule has 1 aliphatic rings. The third kappa shape index (κ3) is 3.07. The Morgan fingerprint density at radius 2 is 2.18 bits per heavy atom. The van der Waals surface area contributed by atoms with Crippen molar-refractivity contribution in [2.45, 2.75) is 44.6 Å². The Morgan fingerprint density at radius 3 is 2.94 bits per heavy atom. The van der Waals surface area contributed by atoms with Crippen LogP contribution in [0.3, 0.4) is 0 Å². The van der Waals surface area contributed by atoms with Crippen LogP contribution in [-0.4, -0.2) is 17.1 Å². The van der Waals surface area contributed by atoms with Gasteiger partial charge in [-0.1, -0.05) is 18.2 Å². The van der Waals surface area contributed by atoms with Crippen molar-refractivity contribution < 1.29 is 9.90 Å². The average molecular weight is 233 g/mol. The molecule has 0 fully saturated rings. The van der Waals surface area contributed by atoms with Crippen molar-refractivity contribution in [3.63, 3.8) is 0 Å². The summed E-state index contributed by atoms with van der Waals surface area (Å²) in [7, 11) is 0. The molecule has 2 rings (SSSR count). The highest BCUT2D eigenvalue weighted by atomic mass is 16.4. The molecule has 0 saturated carbocycles. The second kappa shape index (κ2) is 5.32. The van der Waals surface area contributed by atoms with Crippen molar-refractivity contribution >= 4 is 5.97 Å². The van der Waals surface area contributed by atoms with Gasteiger partial charge in [-0.25, -0.2) is 0 Å². The maximum absolute atomic E-state index is 10.4. The van der Waals surface area contributed by atoms with Gasteiger partial charge in [0.05, 0.1) is 0 Å². The zero-order valence-corrected chi connectivity index (χ0v) is 9.98. The minimum Gasteiger partial charge on any atom is -0.481 e. The summed E-state index contributed by atoms with van der Waals surface area (Å²) in [6.07, 6.45) is 4.91. The highest BCUT2D eigenvalue weighted by molar-refractivity contribution is 5.66. The summed E-state index contributed by atoms with van der Waals surface area (Å²) in [5.74, 6) is -0.703. The normalized spacial score (nSPS) is 18.1. The van der Waals surface area contributed by atoms with Gasteiger partial charge in [-0.15, -0.1) is 0 Å². The number of carboxylic acid groups (broad SMARTS) is 1. The lowest BCUT2D eigenvalue weighted by Crippen LogP contribution is -2.19. The van der Waals surface area contributed by atoms with Gasteiger partial charge in [0, 0.05) is 12.5 Å². The van der Waals surface area contributed by atoms with E-state index in [1.165, 1.54) is 16.7 Å². The number of unbranched alkanes of at least 4 members (excludes halogenated alkanes) is 1. The number of fused-ring (bicyclic) bond motifs is 1. The minimum absolute atomic E-state index is 0.269. The molecule has 1 atom stereocenters. The minimum atomic E-state index is -0.703. The Balaban J connectivity index is 1.94. The van der Waals surface area contributed by atoms with Crippen LogP contribution in [0.15, 0.2) is 18.2 Å². The number of aliphatic carboxylic acids is 1. The third-order valence-corrected chi connectivity index (χ3v) is 3.41. The van der Waals surface area contributed by atoms with Gasteiger partial charge in [0.15, 0.2) is 0 Å². The molecular formula is C14H19NO2. The van der Waals surface area contributed by atoms with Crippen LogP contribution in [-0.2, 0) is 24.1 Å². The van der Waals surface area contributed by atoms with E-state index in [0.717, 1.165) is 32.1 Å². The zero-order chi connectivity index (χ0) is 12.3. The highest BCUT2D eigenvalue weighted by Gasteiger charge is 2.20. The van der Waals surface area contributed by atoms with Crippen LogP contribution in [0.4, 0.5) is 0 Å². The second-order valence-electron chi connectivity index (χ2n) is 4.82. The Hall–Kier alpha value is -1.35. The predicted molar refractivity (Wildman–Crippen MR) is 67.0 cm³/mol. The van der Waals surface area contributed by atoms with E-state index in [-0.39, 0.29) is 12.5 Å². The first-order valence-electron chi connectivity index (χ1n) is 6.24. The molecule has 0 amide bonds. The van der Waals surface area contributed by atoms with E-state index in [0.29, 0.717) is 0 Å². The number of carbonyl (C=O) groups is 1. The Bertz CT molecular complexity index is 415. The van der Waals surface area contributed by atoms with Gasteiger partial charge in [0.1, 0.15) is 0 Å². The van der Waals surface area contributed by atoms with Gasteiger partial charge < -0.3 is 10.8 Å². The molecule has 1 unspecified atom stereocenters. The van der Waals surface area contributed by atoms with Crippen molar-refractivity contribution in [2.75, 3.05) is 0 Å². The number of benzene rings is 1. The molecule has 0 aromatic heterocycles. The lowest BCUT2D eigenvalue weighted by Gasteiger charge is -2.07. The number of hydrogen-bond acceptors (Lipinski definition) is 2. The molecule has 0 heterocycles. The molecule has 1 aromatic rings. The van der Waals surface area contributed by atoms with Gasteiger partial charge in [0.25, 0.3) is 0 Å². The van der Waals surface area contributed by atoms with Crippen LogP contribution >= 0.6 is 0 Å². The van der Waals surface area contributed by atoms with Crippen molar-refractivity contribution in [1.29, 1.82) is 0 Å². The number of aryl methyl sites for hydroxylation is 1. The van der Waals surface area contributed by atoms with Crippen LogP contribution in [0.1, 0.15) is 36.0 Å². The molecule has 92 valence electrons. The summed E-state index contributed by atoms with van der Waals surface area (Å²) in [6.45, 7) is 0. The van der Waals surface area contributed by atoms with Crippen LogP contribution < -0.4 is 5.73 Å². The second-order valence-corrected chi connectivity index (χ2v) is 4.82. The standard InChI is InChI=1S/C14H19NO2/c15-12-8-11-6-3-5-10(13(11)9-12)4-1-2-7-14(16)17/h3,5-6,12H,1-2,4,7-9,15H2,(H,16,17). The maximum atomic E-state index is 10.4. The molecule has 3 nitrogen and oxygen atoms in total. The van der Waals surface area contributed by atoms with E-state index in [1.54, 1.807) is 0 Å². The van der Waals surface area contributed by atoms with Gasteiger partial charge in [0.2, 0.25) is 0 Å².